The van der Waals surface area contributed by atoms with Gasteiger partial charge in [-0.25, -0.2) is 0 Å². The molecule has 0 aromatic heterocycles. The van der Waals surface area contributed by atoms with Crippen LogP contribution in [0.25, 0.3) is 0 Å². The van der Waals surface area contributed by atoms with Crippen LogP contribution in [0.5, 0.6) is 17.2 Å². The van der Waals surface area contributed by atoms with E-state index in [2.05, 4.69) is 5.32 Å². The largest absolute Gasteiger partial charge is 0.508 e. The molecule has 4 nitrogen and oxygen atoms in total. The first-order valence-corrected chi connectivity index (χ1v) is 7.02. The van der Waals surface area contributed by atoms with Crippen LogP contribution in [-0.4, -0.2) is 19.3 Å². The zero-order chi connectivity index (χ0) is 14.8. The van der Waals surface area contributed by atoms with Crippen molar-refractivity contribution in [2.24, 2.45) is 0 Å². The summed E-state index contributed by atoms with van der Waals surface area (Å²) in [4.78, 5) is 0. The van der Waals surface area contributed by atoms with Crippen LogP contribution >= 0.6 is 0 Å². The Balaban J connectivity index is 1.97. The summed E-state index contributed by atoms with van der Waals surface area (Å²) in [6, 6.07) is 13.3. The summed E-state index contributed by atoms with van der Waals surface area (Å²) < 4.78 is 11.4. The molecular weight excluding hydrogens is 266 g/mol. The Labute approximate surface area is 124 Å². The summed E-state index contributed by atoms with van der Waals surface area (Å²) in [6.07, 6.45) is 0.730. The van der Waals surface area contributed by atoms with E-state index in [1.807, 2.05) is 37.4 Å². The predicted molar refractivity (Wildman–Crippen MR) is 80.9 cm³/mol. The minimum Gasteiger partial charge on any atom is -0.508 e. The average molecular weight is 285 g/mol. The summed E-state index contributed by atoms with van der Waals surface area (Å²) in [6.45, 7) is 0. The van der Waals surface area contributed by atoms with Crippen molar-refractivity contribution in [2.45, 2.75) is 18.6 Å². The maximum atomic E-state index is 9.65. The van der Waals surface area contributed by atoms with Crippen LogP contribution in [0.4, 0.5) is 0 Å². The third-order valence-electron chi connectivity index (χ3n) is 3.91. The number of methoxy groups -OCH3 is 1. The molecule has 1 aliphatic heterocycles. The summed E-state index contributed by atoms with van der Waals surface area (Å²) in [7, 11) is 3.59. The molecular formula is C17H19NO3. The molecule has 110 valence electrons. The Morgan fingerprint density at radius 2 is 2.10 bits per heavy atom. The summed E-state index contributed by atoms with van der Waals surface area (Å²) in [5.41, 5.74) is 2.11. The SMILES string of the molecule is CNC1CC(c2cccc(O)c2)Oc2cc(OC)ccc21. The van der Waals surface area contributed by atoms with Gasteiger partial charge in [-0.2, -0.15) is 0 Å². The Kier molecular flexibility index (Phi) is 3.71. The molecule has 1 aliphatic rings. The Morgan fingerprint density at radius 1 is 1.24 bits per heavy atom. The van der Waals surface area contributed by atoms with Gasteiger partial charge in [0.1, 0.15) is 23.4 Å². The first-order chi connectivity index (χ1) is 10.2. The van der Waals surface area contributed by atoms with Gasteiger partial charge in [0.15, 0.2) is 0 Å². The third-order valence-corrected chi connectivity index (χ3v) is 3.91. The molecule has 2 N–H and O–H groups in total. The number of hydrogen-bond donors (Lipinski definition) is 2. The van der Waals surface area contributed by atoms with Gasteiger partial charge in [-0.1, -0.05) is 18.2 Å². The van der Waals surface area contributed by atoms with Crippen molar-refractivity contribution in [1.29, 1.82) is 0 Å². The van der Waals surface area contributed by atoms with Crippen molar-refractivity contribution in [1.82, 2.24) is 5.32 Å². The number of nitrogens with one attached hydrogen (secondary N) is 1. The van der Waals surface area contributed by atoms with E-state index in [4.69, 9.17) is 9.47 Å². The normalized spacial score (nSPS) is 20.5. The van der Waals surface area contributed by atoms with Crippen molar-refractivity contribution in [3.05, 3.63) is 53.6 Å². The quantitative estimate of drug-likeness (QED) is 0.909. The first kappa shape index (κ1) is 13.8. The van der Waals surface area contributed by atoms with Gasteiger partial charge in [-0.3, -0.25) is 0 Å². The van der Waals surface area contributed by atoms with E-state index in [0.717, 1.165) is 29.0 Å². The molecule has 0 fully saturated rings. The van der Waals surface area contributed by atoms with Gasteiger partial charge in [0.05, 0.1) is 7.11 Å². The highest BCUT2D eigenvalue weighted by Gasteiger charge is 2.28. The van der Waals surface area contributed by atoms with Crippen LogP contribution in [0.2, 0.25) is 0 Å². The van der Waals surface area contributed by atoms with Crippen molar-refractivity contribution in [3.63, 3.8) is 0 Å². The van der Waals surface area contributed by atoms with Crippen LogP contribution in [0, 0.1) is 0 Å². The predicted octanol–water partition coefficient (Wildman–Crippen LogP) is 3.19. The maximum Gasteiger partial charge on any atom is 0.128 e. The molecule has 0 bridgehead atoms. The fraction of sp³-hybridized carbons (Fsp3) is 0.294. The van der Waals surface area contributed by atoms with Crippen LogP contribution in [0.1, 0.15) is 29.7 Å². The van der Waals surface area contributed by atoms with E-state index in [0.29, 0.717) is 0 Å². The van der Waals surface area contributed by atoms with Crippen LogP contribution < -0.4 is 14.8 Å². The molecule has 2 aromatic rings. The summed E-state index contributed by atoms with van der Waals surface area (Å²) in [5.74, 6) is 1.86. The van der Waals surface area contributed by atoms with E-state index in [1.165, 1.54) is 0 Å². The molecule has 0 saturated carbocycles. The lowest BCUT2D eigenvalue weighted by Crippen LogP contribution is -2.26. The second kappa shape index (κ2) is 5.66. The Bertz CT molecular complexity index is 642. The molecule has 4 heteroatoms. The van der Waals surface area contributed by atoms with Crippen molar-refractivity contribution >= 4 is 0 Å². The summed E-state index contributed by atoms with van der Waals surface area (Å²) >= 11 is 0. The summed E-state index contributed by atoms with van der Waals surface area (Å²) in [5, 5.41) is 13.0. The molecule has 2 atom stereocenters. The van der Waals surface area contributed by atoms with Crippen molar-refractivity contribution in [2.75, 3.05) is 14.2 Å². The smallest absolute Gasteiger partial charge is 0.128 e. The minimum atomic E-state index is -0.0887. The van der Waals surface area contributed by atoms with Gasteiger partial charge < -0.3 is 19.9 Å². The van der Waals surface area contributed by atoms with Gasteiger partial charge in [0, 0.05) is 24.1 Å². The zero-order valence-electron chi connectivity index (χ0n) is 12.2. The van der Waals surface area contributed by atoms with Crippen molar-refractivity contribution < 1.29 is 14.6 Å². The number of hydrogen-bond acceptors (Lipinski definition) is 4. The number of phenols is 1. The highest BCUT2D eigenvalue weighted by molar-refractivity contribution is 5.45. The molecule has 0 radical (unpaired) electrons. The minimum absolute atomic E-state index is 0.0887. The number of ether oxygens (including phenoxy) is 2. The van der Waals surface area contributed by atoms with Crippen molar-refractivity contribution in [3.8, 4) is 17.2 Å². The highest BCUT2D eigenvalue weighted by Crippen LogP contribution is 2.42. The van der Waals surface area contributed by atoms with E-state index < -0.39 is 0 Å². The van der Waals surface area contributed by atoms with Gasteiger partial charge in [0.25, 0.3) is 0 Å². The Hall–Kier alpha value is -2.20. The fourth-order valence-electron chi connectivity index (χ4n) is 2.78. The highest BCUT2D eigenvalue weighted by atomic mass is 16.5. The van der Waals surface area contributed by atoms with E-state index in [1.54, 1.807) is 19.2 Å². The van der Waals surface area contributed by atoms with E-state index >= 15 is 0 Å². The van der Waals surface area contributed by atoms with Gasteiger partial charge in [-0.15, -0.1) is 0 Å². The second-order valence-corrected chi connectivity index (χ2v) is 5.18. The molecule has 0 spiro atoms. The number of fused-ring (bicyclic) bond motifs is 1. The van der Waals surface area contributed by atoms with Crippen LogP contribution in [0.3, 0.4) is 0 Å². The van der Waals surface area contributed by atoms with Gasteiger partial charge in [0.2, 0.25) is 0 Å². The standard InChI is InChI=1S/C17H19NO3/c1-18-15-10-16(11-4-3-5-12(19)8-11)21-17-9-13(20-2)6-7-14(15)17/h3-9,15-16,18-19H,10H2,1-2H3. The molecule has 0 aliphatic carbocycles. The van der Waals surface area contributed by atoms with Gasteiger partial charge in [-0.05, 0) is 30.8 Å². The fourth-order valence-corrected chi connectivity index (χ4v) is 2.78. The third kappa shape index (κ3) is 2.67. The lowest BCUT2D eigenvalue weighted by molar-refractivity contribution is 0.153. The molecule has 2 aromatic carbocycles. The number of aromatic hydroxyl groups is 1. The first-order valence-electron chi connectivity index (χ1n) is 7.02. The van der Waals surface area contributed by atoms with E-state index in [9.17, 15) is 5.11 Å². The topological polar surface area (TPSA) is 50.7 Å². The molecule has 3 rings (SSSR count). The van der Waals surface area contributed by atoms with Crippen LogP contribution in [-0.2, 0) is 0 Å². The Morgan fingerprint density at radius 3 is 2.81 bits per heavy atom. The molecule has 0 amide bonds. The zero-order valence-corrected chi connectivity index (χ0v) is 12.2. The average Bonchev–Trinajstić information content (AvgIpc) is 2.53. The molecule has 1 heterocycles. The molecule has 21 heavy (non-hydrogen) atoms. The maximum absolute atomic E-state index is 9.65. The van der Waals surface area contributed by atoms with Gasteiger partial charge >= 0.3 is 0 Å². The molecule has 0 saturated heterocycles. The number of benzene rings is 2. The number of rotatable bonds is 3. The monoisotopic (exact) mass is 285 g/mol. The van der Waals surface area contributed by atoms with E-state index in [-0.39, 0.29) is 17.9 Å². The molecule has 2 unspecified atom stereocenters. The number of phenolic OH excluding ortho intramolecular Hbond substituents is 1. The lowest BCUT2D eigenvalue weighted by atomic mass is 9.93. The lowest BCUT2D eigenvalue weighted by Gasteiger charge is -2.32. The second-order valence-electron chi connectivity index (χ2n) is 5.18. The van der Waals surface area contributed by atoms with Crippen LogP contribution in [0.15, 0.2) is 42.5 Å².